The standard InChI is InChI=1S/C23H20N4O2/c28-23(25-14-15-29-20-11-5-2-6-12-20)21-17-27(19-9-3-1-4-10-19)26-22(21)18-8-7-13-24-16-18/h1-13,16-17H,14-15H2,(H,25,28). The molecule has 0 saturated carbocycles. The number of carbonyl (C=O) groups is 1. The van der Waals surface area contributed by atoms with Gasteiger partial charge in [0.1, 0.15) is 18.1 Å². The van der Waals surface area contributed by atoms with Gasteiger partial charge in [-0.15, -0.1) is 0 Å². The van der Waals surface area contributed by atoms with E-state index in [9.17, 15) is 4.79 Å². The lowest BCUT2D eigenvalue weighted by Crippen LogP contribution is -2.28. The van der Waals surface area contributed by atoms with Crippen molar-refractivity contribution in [1.82, 2.24) is 20.1 Å². The maximum atomic E-state index is 12.9. The number of ether oxygens (including phenoxy) is 1. The fraction of sp³-hybridized carbons (Fsp3) is 0.0870. The first-order valence-electron chi connectivity index (χ1n) is 9.33. The first-order chi connectivity index (χ1) is 14.3. The zero-order chi connectivity index (χ0) is 19.9. The van der Waals surface area contributed by atoms with Crippen LogP contribution in [0.5, 0.6) is 5.75 Å². The minimum absolute atomic E-state index is 0.206. The molecule has 6 nitrogen and oxygen atoms in total. The summed E-state index contributed by atoms with van der Waals surface area (Å²) in [4.78, 5) is 17.0. The molecule has 2 aromatic carbocycles. The number of pyridine rings is 1. The van der Waals surface area contributed by atoms with Crippen molar-refractivity contribution in [3.8, 4) is 22.7 Å². The Morgan fingerprint density at radius 3 is 2.45 bits per heavy atom. The smallest absolute Gasteiger partial charge is 0.255 e. The maximum absolute atomic E-state index is 12.9. The zero-order valence-electron chi connectivity index (χ0n) is 15.7. The predicted molar refractivity (Wildman–Crippen MR) is 111 cm³/mol. The number of rotatable bonds is 7. The van der Waals surface area contributed by atoms with Gasteiger partial charge in [-0.05, 0) is 36.4 Å². The van der Waals surface area contributed by atoms with E-state index >= 15 is 0 Å². The van der Waals surface area contributed by atoms with E-state index in [4.69, 9.17) is 4.74 Å². The van der Waals surface area contributed by atoms with Crippen LogP contribution >= 0.6 is 0 Å². The molecule has 0 fully saturated rings. The Bertz CT molecular complexity index is 1060. The molecular formula is C23H20N4O2. The van der Waals surface area contributed by atoms with Crippen molar-refractivity contribution in [3.05, 3.63) is 97.0 Å². The van der Waals surface area contributed by atoms with E-state index in [0.717, 1.165) is 17.0 Å². The van der Waals surface area contributed by atoms with Crippen LogP contribution in [0.4, 0.5) is 0 Å². The van der Waals surface area contributed by atoms with E-state index in [1.165, 1.54) is 0 Å². The highest BCUT2D eigenvalue weighted by Crippen LogP contribution is 2.23. The molecule has 0 aliphatic rings. The molecule has 0 radical (unpaired) electrons. The summed E-state index contributed by atoms with van der Waals surface area (Å²) in [6, 6.07) is 22.9. The summed E-state index contributed by atoms with van der Waals surface area (Å²) in [5.41, 5.74) is 2.74. The van der Waals surface area contributed by atoms with Gasteiger partial charge < -0.3 is 10.1 Å². The number of carbonyl (C=O) groups excluding carboxylic acids is 1. The van der Waals surface area contributed by atoms with Gasteiger partial charge in [-0.2, -0.15) is 5.10 Å². The molecule has 29 heavy (non-hydrogen) atoms. The molecule has 0 aliphatic heterocycles. The molecule has 1 amide bonds. The van der Waals surface area contributed by atoms with Gasteiger partial charge in [-0.25, -0.2) is 4.68 Å². The topological polar surface area (TPSA) is 69.0 Å². The Kier molecular flexibility index (Phi) is 5.62. The number of para-hydroxylation sites is 2. The fourth-order valence-electron chi connectivity index (χ4n) is 2.91. The number of nitrogens with one attached hydrogen (secondary N) is 1. The van der Waals surface area contributed by atoms with Crippen molar-refractivity contribution in [2.45, 2.75) is 0 Å². The van der Waals surface area contributed by atoms with Crippen LogP contribution in [0.3, 0.4) is 0 Å². The van der Waals surface area contributed by atoms with Gasteiger partial charge in [0.2, 0.25) is 0 Å². The first kappa shape index (κ1) is 18.4. The minimum atomic E-state index is -0.206. The third kappa shape index (κ3) is 4.50. The van der Waals surface area contributed by atoms with Crippen LogP contribution in [0.2, 0.25) is 0 Å². The molecule has 1 N–H and O–H groups in total. The Labute approximate surface area is 168 Å². The van der Waals surface area contributed by atoms with E-state index in [1.807, 2.05) is 72.8 Å². The summed E-state index contributed by atoms with van der Waals surface area (Å²) in [6.07, 6.45) is 5.14. The molecule has 2 heterocycles. The van der Waals surface area contributed by atoms with Crippen molar-refractivity contribution in [1.29, 1.82) is 0 Å². The number of benzene rings is 2. The molecule has 0 unspecified atom stereocenters. The molecule has 144 valence electrons. The van der Waals surface area contributed by atoms with Crippen molar-refractivity contribution >= 4 is 5.91 Å². The second kappa shape index (κ2) is 8.84. The Balaban J connectivity index is 1.51. The zero-order valence-corrected chi connectivity index (χ0v) is 15.7. The Morgan fingerprint density at radius 2 is 1.72 bits per heavy atom. The summed E-state index contributed by atoms with van der Waals surface area (Å²) in [7, 11) is 0. The van der Waals surface area contributed by atoms with Crippen LogP contribution in [-0.2, 0) is 0 Å². The molecule has 6 heteroatoms. The fourth-order valence-corrected chi connectivity index (χ4v) is 2.91. The Morgan fingerprint density at radius 1 is 0.966 bits per heavy atom. The maximum Gasteiger partial charge on any atom is 0.255 e. The summed E-state index contributed by atoms with van der Waals surface area (Å²) in [5.74, 6) is 0.567. The highest BCUT2D eigenvalue weighted by Gasteiger charge is 2.18. The van der Waals surface area contributed by atoms with E-state index in [2.05, 4.69) is 15.4 Å². The molecule has 0 bridgehead atoms. The minimum Gasteiger partial charge on any atom is -0.492 e. The summed E-state index contributed by atoms with van der Waals surface area (Å²) >= 11 is 0. The largest absolute Gasteiger partial charge is 0.492 e. The van der Waals surface area contributed by atoms with E-state index in [-0.39, 0.29) is 5.91 Å². The van der Waals surface area contributed by atoms with Gasteiger partial charge in [0.25, 0.3) is 5.91 Å². The molecule has 0 aliphatic carbocycles. The molecule has 0 atom stereocenters. The highest BCUT2D eigenvalue weighted by molar-refractivity contribution is 5.99. The van der Waals surface area contributed by atoms with Crippen LogP contribution in [0.15, 0.2) is 91.4 Å². The van der Waals surface area contributed by atoms with Crippen LogP contribution in [0.1, 0.15) is 10.4 Å². The second-order valence-corrected chi connectivity index (χ2v) is 6.33. The van der Waals surface area contributed by atoms with Crippen LogP contribution in [-0.4, -0.2) is 33.8 Å². The second-order valence-electron chi connectivity index (χ2n) is 6.33. The number of hydrogen-bond donors (Lipinski definition) is 1. The molecule has 4 rings (SSSR count). The number of aromatic nitrogens is 3. The molecule has 4 aromatic rings. The van der Waals surface area contributed by atoms with Gasteiger partial charge in [0, 0.05) is 24.2 Å². The number of nitrogens with zero attached hydrogens (tertiary/aromatic N) is 3. The number of hydrogen-bond acceptors (Lipinski definition) is 4. The highest BCUT2D eigenvalue weighted by atomic mass is 16.5. The molecule has 0 saturated heterocycles. The van der Waals surface area contributed by atoms with Gasteiger partial charge in [-0.1, -0.05) is 36.4 Å². The summed E-state index contributed by atoms with van der Waals surface area (Å²) in [6.45, 7) is 0.765. The summed E-state index contributed by atoms with van der Waals surface area (Å²) in [5, 5.41) is 7.54. The van der Waals surface area contributed by atoms with Gasteiger partial charge >= 0.3 is 0 Å². The van der Waals surface area contributed by atoms with E-state index < -0.39 is 0 Å². The van der Waals surface area contributed by atoms with Crippen molar-refractivity contribution in [2.75, 3.05) is 13.2 Å². The quantitative estimate of drug-likeness (QED) is 0.493. The lowest BCUT2D eigenvalue weighted by Gasteiger charge is -2.07. The van der Waals surface area contributed by atoms with Crippen LogP contribution < -0.4 is 10.1 Å². The third-order valence-corrected chi connectivity index (χ3v) is 4.31. The average molecular weight is 384 g/mol. The summed E-state index contributed by atoms with van der Waals surface area (Å²) < 4.78 is 7.34. The molecule has 0 spiro atoms. The van der Waals surface area contributed by atoms with E-state index in [1.54, 1.807) is 23.3 Å². The van der Waals surface area contributed by atoms with Crippen LogP contribution in [0, 0.1) is 0 Å². The lowest BCUT2D eigenvalue weighted by molar-refractivity contribution is 0.0947. The molecule has 2 aromatic heterocycles. The van der Waals surface area contributed by atoms with Crippen molar-refractivity contribution in [2.24, 2.45) is 0 Å². The lowest BCUT2D eigenvalue weighted by atomic mass is 10.1. The third-order valence-electron chi connectivity index (χ3n) is 4.31. The van der Waals surface area contributed by atoms with Crippen molar-refractivity contribution in [3.63, 3.8) is 0 Å². The predicted octanol–water partition coefficient (Wildman–Crippen LogP) is 3.74. The van der Waals surface area contributed by atoms with Crippen LogP contribution in [0.25, 0.3) is 16.9 Å². The van der Waals surface area contributed by atoms with Gasteiger partial charge in [-0.3, -0.25) is 9.78 Å². The van der Waals surface area contributed by atoms with Gasteiger partial charge in [0.05, 0.1) is 17.8 Å². The molecular weight excluding hydrogens is 364 g/mol. The Hall–Kier alpha value is -3.93. The SMILES string of the molecule is O=C(NCCOc1ccccc1)c1cn(-c2ccccc2)nc1-c1cccnc1. The number of amides is 1. The first-order valence-corrected chi connectivity index (χ1v) is 9.33. The van der Waals surface area contributed by atoms with Crippen molar-refractivity contribution < 1.29 is 9.53 Å². The normalized spacial score (nSPS) is 10.5. The van der Waals surface area contributed by atoms with Gasteiger partial charge in [0.15, 0.2) is 0 Å². The van der Waals surface area contributed by atoms with E-state index in [0.29, 0.717) is 24.4 Å². The average Bonchev–Trinajstić information content (AvgIpc) is 3.24. The monoisotopic (exact) mass is 384 g/mol.